The highest BCUT2D eigenvalue weighted by molar-refractivity contribution is 5.89. The van der Waals surface area contributed by atoms with Crippen molar-refractivity contribution in [2.45, 2.75) is 25.7 Å². The molecule has 0 spiro atoms. The summed E-state index contributed by atoms with van der Waals surface area (Å²) in [6.07, 6.45) is 4.36. The summed E-state index contributed by atoms with van der Waals surface area (Å²) in [6.45, 7) is 0.640. The summed E-state index contributed by atoms with van der Waals surface area (Å²) in [6, 6.07) is 16.2. The van der Waals surface area contributed by atoms with Crippen molar-refractivity contribution in [1.29, 1.82) is 0 Å². The molecule has 2 N–H and O–H groups in total. The number of fused-ring (bicyclic) bond motifs is 1. The van der Waals surface area contributed by atoms with Gasteiger partial charge in [-0.3, -0.25) is 0 Å². The molecule has 2 aromatic rings. The van der Waals surface area contributed by atoms with E-state index in [-0.39, 0.29) is 6.03 Å². The van der Waals surface area contributed by atoms with Crippen molar-refractivity contribution < 1.29 is 4.79 Å². The predicted molar refractivity (Wildman–Crippen MR) is 85.6 cm³/mol. The fourth-order valence-corrected chi connectivity index (χ4v) is 2.79. The number of carbonyl (C=O) groups is 1. The van der Waals surface area contributed by atoms with Crippen molar-refractivity contribution in [3.8, 4) is 0 Å². The molecule has 3 nitrogen and oxygen atoms in total. The van der Waals surface area contributed by atoms with Gasteiger partial charge in [0.2, 0.25) is 0 Å². The lowest BCUT2D eigenvalue weighted by Gasteiger charge is -2.09. The van der Waals surface area contributed by atoms with Crippen LogP contribution in [-0.4, -0.2) is 12.6 Å². The van der Waals surface area contributed by atoms with Crippen LogP contribution in [0.25, 0.3) is 0 Å². The Labute approximate surface area is 125 Å². The van der Waals surface area contributed by atoms with Crippen LogP contribution in [-0.2, 0) is 19.3 Å². The Kier molecular flexibility index (Phi) is 4.20. The minimum Gasteiger partial charge on any atom is -0.338 e. The minimum atomic E-state index is -0.135. The van der Waals surface area contributed by atoms with Crippen molar-refractivity contribution in [2.75, 3.05) is 11.9 Å². The summed E-state index contributed by atoms with van der Waals surface area (Å²) in [7, 11) is 0. The number of benzene rings is 2. The Morgan fingerprint density at radius 3 is 2.67 bits per heavy atom. The highest BCUT2D eigenvalue weighted by Crippen LogP contribution is 2.24. The van der Waals surface area contributed by atoms with E-state index in [4.69, 9.17) is 0 Å². The van der Waals surface area contributed by atoms with Crippen LogP contribution >= 0.6 is 0 Å². The number of hydrogen-bond donors (Lipinski definition) is 2. The van der Waals surface area contributed by atoms with E-state index in [1.165, 1.54) is 29.5 Å². The lowest BCUT2D eigenvalue weighted by molar-refractivity contribution is 0.252. The quantitative estimate of drug-likeness (QED) is 0.883. The molecule has 2 aromatic carbocycles. The first kappa shape index (κ1) is 13.7. The summed E-state index contributed by atoms with van der Waals surface area (Å²) in [4.78, 5) is 11.9. The molecule has 0 unspecified atom stereocenters. The van der Waals surface area contributed by atoms with Crippen LogP contribution in [0.5, 0.6) is 0 Å². The van der Waals surface area contributed by atoms with Gasteiger partial charge in [-0.1, -0.05) is 36.4 Å². The Morgan fingerprint density at radius 1 is 1.00 bits per heavy atom. The van der Waals surface area contributed by atoms with Gasteiger partial charge in [-0.05, 0) is 54.5 Å². The zero-order chi connectivity index (χ0) is 14.5. The maximum Gasteiger partial charge on any atom is 0.319 e. The molecule has 0 saturated carbocycles. The van der Waals surface area contributed by atoms with Crippen molar-refractivity contribution in [2.24, 2.45) is 0 Å². The van der Waals surface area contributed by atoms with E-state index in [2.05, 4.69) is 34.9 Å². The van der Waals surface area contributed by atoms with Crippen molar-refractivity contribution in [3.63, 3.8) is 0 Å². The second-order valence-corrected chi connectivity index (χ2v) is 5.45. The molecule has 1 aliphatic rings. The van der Waals surface area contributed by atoms with Gasteiger partial charge in [0.25, 0.3) is 0 Å². The number of rotatable bonds is 4. The van der Waals surface area contributed by atoms with E-state index in [0.717, 1.165) is 18.5 Å². The molecule has 21 heavy (non-hydrogen) atoms. The first-order valence-electron chi connectivity index (χ1n) is 7.52. The van der Waals surface area contributed by atoms with Crippen molar-refractivity contribution in [3.05, 3.63) is 65.2 Å². The Bertz CT molecular complexity index is 622. The number of carbonyl (C=O) groups excluding carboxylic acids is 1. The summed E-state index contributed by atoms with van der Waals surface area (Å²) in [5.74, 6) is 0. The number of urea groups is 1. The van der Waals surface area contributed by atoms with Gasteiger partial charge >= 0.3 is 6.03 Å². The average Bonchev–Trinajstić information content (AvgIpc) is 2.96. The third-order valence-corrected chi connectivity index (χ3v) is 3.90. The molecule has 2 amide bonds. The molecule has 0 fully saturated rings. The van der Waals surface area contributed by atoms with Crippen LogP contribution in [0.3, 0.4) is 0 Å². The van der Waals surface area contributed by atoms with Gasteiger partial charge in [-0.15, -0.1) is 0 Å². The van der Waals surface area contributed by atoms with Gasteiger partial charge in [0.05, 0.1) is 0 Å². The summed E-state index contributed by atoms with van der Waals surface area (Å²) in [5, 5.41) is 5.81. The van der Waals surface area contributed by atoms with Gasteiger partial charge in [-0.25, -0.2) is 4.79 Å². The zero-order valence-electron chi connectivity index (χ0n) is 12.1. The number of anilines is 1. The van der Waals surface area contributed by atoms with Crippen LogP contribution < -0.4 is 10.6 Å². The van der Waals surface area contributed by atoms with Crippen LogP contribution in [0.2, 0.25) is 0 Å². The first-order valence-corrected chi connectivity index (χ1v) is 7.52. The predicted octanol–water partition coefficient (Wildman–Crippen LogP) is 3.54. The molecule has 0 radical (unpaired) electrons. The van der Waals surface area contributed by atoms with Crippen molar-refractivity contribution >= 4 is 11.7 Å². The van der Waals surface area contributed by atoms with Crippen LogP contribution in [0.15, 0.2) is 48.5 Å². The average molecular weight is 280 g/mol. The second kappa shape index (κ2) is 6.44. The summed E-state index contributed by atoms with van der Waals surface area (Å²) >= 11 is 0. The fraction of sp³-hybridized carbons (Fsp3) is 0.278. The third-order valence-electron chi connectivity index (χ3n) is 3.90. The number of hydrogen-bond acceptors (Lipinski definition) is 1. The maximum atomic E-state index is 11.9. The van der Waals surface area contributed by atoms with Crippen molar-refractivity contribution in [1.82, 2.24) is 5.32 Å². The molecule has 0 atom stereocenters. The normalized spacial score (nSPS) is 12.8. The molecule has 3 heteroatoms. The van der Waals surface area contributed by atoms with Crippen LogP contribution in [0.1, 0.15) is 23.1 Å². The lowest BCUT2D eigenvalue weighted by atomic mass is 10.1. The third kappa shape index (κ3) is 3.63. The van der Waals surface area contributed by atoms with Gasteiger partial charge in [0.15, 0.2) is 0 Å². The van der Waals surface area contributed by atoms with E-state index < -0.39 is 0 Å². The smallest absolute Gasteiger partial charge is 0.319 e. The van der Waals surface area contributed by atoms with Crippen LogP contribution in [0.4, 0.5) is 10.5 Å². The van der Waals surface area contributed by atoms with E-state index in [9.17, 15) is 4.79 Å². The molecule has 0 heterocycles. The second-order valence-electron chi connectivity index (χ2n) is 5.45. The Hall–Kier alpha value is -2.29. The molecule has 108 valence electrons. The first-order chi connectivity index (χ1) is 10.3. The van der Waals surface area contributed by atoms with Gasteiger partial charge in [-0.2, -0.15) is 0 Å². The van der Waals surface area contributed by atoms with E-state index >= 15 is 0 Å². The van der Waals surface area contributed by atoms with E-state index in [0.29, 0.717) is 6.54 Å². The molecular weight excluding hydrogens is 260 g/mol. The molecular formula is C18H20N2O. The summed E-state index contributed by atoms with van der Waals surface area (Å²) < 4.78 is 0. The molecule has 0 aromatic heterocycles. The van der Waals surface area contributed by atoms with Gasteiger partial charge < -0.3 is 10.6 Å². The highest BCUT2D eigenvalue weighted by atomic mass is 16.2. The van der Waals surface area contributed by atoms with Gasteiger partial charge in [0.1, 0.15) is 0 Å². The lowest BCUT2D eigenvalue weighted by Crippen LogP contribution is -2.30. The van der Waals surface area contributed by atoms with Gasteiger partial charge in [0, 0.05) is 12.2 Å². The summed E-state index contributed by atoms with van der Waals surface area (Å²) in [5.41, 5.74) is 4.91. The Balaban J connectivity index is 1.48. The number of nitrogens with one attached hydrogen (secondary N) is 2. The Morgan fingerprint density at radius 2 is 1.81 bits per heavy atom. The monoisotopic (exact) mass is 280 g/mol. The number of aryl methyl sites for hydroxylation is 2. The van der Waals surface area contributed by atoms with Crippen LogP contribution in [0, 0.1) is 0 Å². The molecule has 0 aliphatic heterocycles. The van der Waals surface area contributed by atoms with E-state index in [1.807, 2.05) is 24.3 Å². The highest BCUT2D eigenvalue weighted by Gasteiger charge is 2.11. The number of amides is 2. The molecule has 0 bridgehead atoms. The molecule has 3 rings (SSSR count). The van der Waals surface area contributed by atoms with E-state index in [1.54, 1.807) is 0 Å². The SMILES string of the molecule is O=C(NCCc1ccccc1)Nc1ccc2c(c1)CCC2. The minimum absolute atomic E-state index is 0.135. The molecule has 0 saturated heterocycles. The zero-order valence-corrected chi connectivity index (χ0v) is 12.1. The maximum absolute atomic E-state index is 11.9. The molecule has 1 aliphatic carbocycles. The topological polar surface area (TPSA) is 41.1 Å². The largest absolute Gasteiger partial charge is 0.338 e. The standard InChI is InChI=1S/C18H20N2O/c21-18(19-12-11-14-5-2-1-3-6-14)20-17-10-9-15-7-4-8-16(15)13-17/h1-3,5-6,9-10,13H,4,7-8,11-12H2,(H2,19,20,21). The fourth-order valence-electron chi connectivity index (χ4n) is 2.79.